The fraction of sp³-hybridized carbons (Fsp3) is 0.263. The predicted octanol–water partition coefficient (Wildman–Crippen LogP) is 5.16. The van der Waals surface area contributed by atoms with Gasteiger partial charge >= 0.3 is 0 Å². The van der Waals surface area contributed by atoms with Gasteiger partial charge in [-0.25, -0.2) is 13.8 Å². The number of nitrogens with zero attached hydrogens (tertiary/aromatic N) is 2. The summed E-state index contributed by atoms with van der Waals surface area (Å²) < 4.78 is 34.4. The number of hydrogen-bond donors (Lipinski definition) is 0. The van der Waals surface area contributed by atoms with Crippen molar-refractivity contribution in [1.82, 2.24) is 4.98 Å². The largest absolute Gasteiger partial charge is 0.376 e. The first-order chi connectivity index (χ1) is 13.0. The lowest BCUT2D eigenvalue weighted by Crippen LogP contribution is -2.37. The van der Waals surface area contributed by atoms with Crippen LogP contribution in [0.15, 0.2) is 40.9 Å². The molecule has 4 nitrogen and oxygen atoms in total. The number of fused-ring (bicyclic) bond motifs is 1. The third kappa shape index (κ3) is 3.88. The lowest BCUT2D eigenvalue weighted by molar-refractivity contribution is 0.0917. The molecule has 0 spiro atoms. The SMILES string of the molecule is O=C(c1cccc(Br)c1)N(CC1CCCO1)c1nc2c(F)cc(F)cc2s1. The number of benzene rings is 2. The van der Waals surface area contributed by atoms with Crippen LogP contribution in [-0.4, -0.2) is 30.1 Å². The number of hydrogen-bond acceptors (Lipinski definition) is 4. The Balaban J connectivity index is 1.75. The van der Waals surface area contributed by atoms with Gasteiger partial charge in [0.25, 0.3) is 5.91 Å². The molecular weight excluding hydrogens is 438 g/mol. The first kappa shape index (κ1) is 18.5. The molecule has 1 aromatic heterocycles. The normalized spacial score (nSPS) is 16.8. The van der Waals surface area contributed by atoms with E-state index >= 15 is 0 Å². The standard InChI is InChI=1S/C19H15BrF2N2O2S/c20-12-4-1-3-11(7-12)18(25)24(10-14-5-2-6-26-14)19-23-17-15(22)8-13(21)9-16(17)27-19/h1,3-4,7-9,14H,2,5-6,10H2. The second-order valence-electron chi connectivity index (χ2n) is 6.29. The van der Waals surface area contributed by atoms with E-state index in [0.29, 0.717) is 28.5 Å². The molecule has 0 saturated carbocycles. The van der Waals surface area contributed by atoms with E-state index in [1.807, 2.05) is 6.07 Å². The van der Waals surface area contributed by atoms with Gasteiger partial charge in [-0.3, -0.25) is 9.69 Å². The Kier molecular flexibility index (Phi) is 5.21. The zero-order chi connectivity index (χ0) is 19.0. The minimum absolute atomic E-state index is 0.0655. The summed E-state index contributed by atoms with van der Waals surface area (Å²) in [5.41, 5.74) is 0.545. The molecule has 0 radical (unpaired) electrons. The van der Waals surface area contributed by atoms with Crippen molar-refractivity contribution in [3.8, 4) is 0 Å². The minimum Gasteiger partial charge on any atom is -0.376 e. The quantitative estimate of drug-likeness (QED) is 0.548. The minimum atomic E-state index is -0.737. The smallest absolute Gasteiger partial charge is 0.260 e. The first-order valence-corrected chi connectivity index (χ1v) is 10.1. The lowest BCUT2D eigenvalue weighted by Gasteiger charge is -2.23. The molecule has 27 heavy (non-hydrogen) atoms. The van der Waals surface area contributed by atoms with Crippen LogP contribution >= 0.6 is 27.3 Å². The maximum Gasteiger partial charge on any atom is 0.260 e. The molecule has 1 amide bonds. The van der Waals surface area contributed by atoms with Crippen LogP contribution in [0.1, 0.15) is 23.2 Å². The molecule has 1 saturated heterocycles. The number of amides is 1. The van der Waals surface area contributed by atoms with Crippen molar-refractivity contribution < 1.29 is 18.3 Å². The summed E-state index contributed by atoms with van der Waals surface area (Å²) in [4.78, 5) is 18.9. The Morgan fingerprint density at radius 3 is 2.93 bits per heavy atom. The zero-order valence-corrected chi connectivity index (χ0v) is 16.5. The molecule has 1 atom stereocenters. The molecule has 3 aromatic rings. The summed E-state index contributed by atoms with van der Waals surface area (Å²) in [5.74, 6) is -1.66. The highest BCUT2D eigenvalue weighted by molar-refractivity contribution is 9.10. The number of carbonyl (C=O) groups is 1. The van der Waals surface area contributed by atoms with Crippen LogP contribution in [0.5, 0.6) is 0 Å². The summed E-state index contributed by atoms with van der Waals surface area (Å²) in [6, 6.07) is 9.06. The van der Waals surface area contributed by atoms with Crippen molar-refractivity contribution in [2.45, 2.75) is 18.9 Å². The lowest BCUT2D eigenvalue weighted by atomic mass is 10.2. The van der Waals surface area contributed by atoms with Crippen LogP contribution in [0.4, 0.5) is 13.9 Å². The van der Waals surface area contributed by atoms with Crippen molar-refractivity contribution >= 4 is 48.5 Å². The van der Waals surface area contributed by atoms with Crippen LogP contribution < -0.4 is 4.90 Å². The van der Waals surface area contributed by atoms with Gasteiger partial charge in [0.1, 0.15) is 11.3 Å². The Hall–Kier alpha value is -1.90. The highest BCUT2D eigenvalue weighted by Crippen LogP contribution is 2.33. The summed E-state index contributed by atoms with van der Waals surface area (Å²) in [6.45, 7) is 0.971. The van der Waals surface area contributed by atoms with Crippen molar-refractivity contribution in [2.24, 2.45) is 0 Å². The van der Waals surface area contributed by atoms with E-state index in [1.165, 1.54) is 11.0 Å². The molecule has 2 heterocycles. The Bertz CT molecular complexity index is 1000. The molecule has 1 unspecified atom stereocenters. The van der Waals surface area contributed by atoms with Gasteiger partial charge in [-0.1, -0.05) is 33.3 Å². The molecule has 1 aliphatic rings. The maximum absolute atomic E-state index is 14.1. The van der Waals surface area contributed by atoms with Crippen molar-refractivity contribution in [1.29, 1.82) is 0 Å². The van der Waals surface area contributed by atoms with Gasteiger partial charge < -0.3 is 4.74 Å². The number of ether oxygens (including phenoxy) is 1. The van der Waals surface area contributed by atoms with Crippen LogP contribution in [-0.2, 0) is 4.74 Å². The molecule has 0 bridgehead atoms. The summed E-state index contributed by atoms with van der Waals surface area (Å²) in [7, 11) is 0. The fourth-order valence-corrected chi connectivity index (χ4v) is 4.49. The van der Waals surface area contributed by atoms with Crippen molar-refractivity contribution in [2.75, 3.05) is 18.1 Å². The number of halogens is 3. The van der Waals surface area contributed by atoms with Gasteiger partial charge in [0.15, 0.2) is 10.9 Å². The van der Waals surface area contributed by atoms with E-state index in [2.05, 4.69) is 20.9 Å². The third-order valence-corrected chi connectivity index (χ3v) is 5.88. The van der Waals surface area contributed by atoms with Gasteiger partial charge in [-0.15, -0.1) is 0 Å². The molecule has 8 heteroatoms. The molecule has 1 fully saturated rings. The summed E-state index contributed by atoms with van der Waals surface area (Å²) in [5, 5.41) is 0.329. The highest BCUT2D eigenvalue weighted by atomic mass is 79.9. The van der Waals surface area contributed by atoms with Gasteiger partial charge in [-0.2, -0.15) is 0 Å². The number of thiazole rings is 1. The number of anilines is 1. The Labute approximate surface area is 166 Å². The Morgan fingerprint density at radius 2 is 2.19 bits per heavy atom. The van der Waals surface area contributed by atoms with E-state index in [9.17, 15) is 13.6 Å². The van der Waals surface area contributed by atoms with Crippen LogP contribution in [0.3, 0.4) is 0 Å². The second kappa shape index (κ2) is 7.61. The van der Waals surface area contributed by atoms with Crippen LogP contribution in [0.25, 0.3) is 10.2 Å². The van der Waals surface area contributed by atoms with Crippen LogP contribution in [0, 0.1) is 11.6 Å². The van der Waals surface area contributed by atoms with Gasteiger partial charge in [0, 0.05) is 22.7 Å². The fourth-order valence-electron chi connectivity index (χ4n) is 3.08. The number of aromatic nitrogens is 1. The van der Waals surface area contributed by atoms with Gasteiger partial charge in [0.2, 0.25) is 0 Å². The number of carbonyl (C=O) groups excluding carboxylic acids is 1. The van der Waals surface area contributed by atoms with E-state index in [0.717, 1.165) is 34.7 Å². The van der Waals surface area contributed by atoms with Gasteiger partial charge in [-0.05, 0) is 37.1 Å². The van der Waals surface area contributed by atoms with E-state index in [-0.39, 0.29) is 17.5 Å². The summed E-state index contributed by atoms with van der Waals surface area (Å²) in [6.07, 6.45) is 1.68. The second-order valence-corrected chi connectivity index (χ2v) is 8.22. The molecular formula is C19H15BrF2N2O2S. The van der Waals surface area contributed by atoms with E-state index < -0.39 is 11.6 Å². The average molecular weight is 453 g/mol. The average Bonchev–Trinajstić information content (AvgIpc) is 3.28. The molecule has 4 rings (SSSR count). The topological polar surface area (TPSA) is 42.4 Å². The summed E-state index contributed by atoms with van der Waals surface area (Å²) >= 11 is 4.46. The maximum atomic E-state index is 14.1. The molecule has 2 aromatic carbocycles. The van der Waals surface area contributed by atoms with E-state index in [1.54, 1.807) is 18.2 Å². The Morgan fingerprint density at radius 1 is 1.33 bits per heavy atom. The zero-order valence-electron chi connectivity index (χ0n) is 14.1. The van der Waals surface area contributed by atoms with Crippen molar-refractivity contribution in [3.63, 3.8) is 0 Å². The van der Waals surface area contributed by atoms with Gasteiger partial charge in [0.05, 0.1) is 17.3 Å². The molecule has 140 valence electrons. The van der Waals surface area contributed by atoms with E-state index in [4.69, 9.17) is 4.74 Å². The van der Waals surface area contributed by atoms with Crippen molar-refractivity contribution in [3.05, 3.63) is 58.1 Å². The van der Waals surface area contributed by atoms with Crippen LogP contribution in [0.2, 0.25) is 0 Å². The number of rotatable bonds is 4. The third-order valence-electron chi connectivity index (χ3n) is 4.36. The molecule has 1 aliphatic heterocycles. The molecule has 0 N–H and O–H groups in total. The monoisotopic (exact) mass is 452 g/mol. The highest BCUT2D eigenvalue weighted by Gasteiger charge is 2.27. The molecule has 0 aliphatic carbocycles. The predicted molar refractivity (Wildman–Crippen MR) is 104 cm³/mol. The first-order valence-electron chi connectivity index (χ1n) is 8.46.